The summed E-state index contributed by atoms with van der Waals surface area (Å²) in [5.41, 5.74) is 0.907. The average Bonchev–Trinajstić information content (AvgIpc) is 2.73. The van der Waals surface area contributed by atoms with Crippen molar-refractivity contribution in [2.45, 2.75) is 52.5 Å². The first kappa shape index (κ1) is 17.4. The molecule has 2 atom stereocenters. The van der Waals surface area contributed by atoms with Crippen LogP contribution in [0.4, 0.5) is 0 Å². The van der Waals surface area contributed by atoms with E-state index in [0.717, 1.165) is 57.5 Å². The van der Waals surface area contributed by atoms with Gasteiger partial charge in [-0.2, -0.15) is 0 Å². The third kappa shape index (κ3) is 4.37. The molecule has 2 heterocycles. The zero-order valence-electron chi connectivity index (χ0n) is 15.1. The molecule has 1 saturated carbocycles. The van der Waals surface area contributed by atoms with Crippen LogP contribution in [-0.2, 0) is 4.74 Å². The summed E-state index contributed by atoms with van der Waals surface area (Å²) in [6.45, 7) is 14.5. The second-order valence-electron chi connectivity index (χ2n) is 8.88. The molecule has 2 bridgehead atoms. The van der Waals surface area contributed by atoms with Gasteiger partial charge in [0.25, 0.3) is 0 Å². The van der Waals surface area contributed by atoms with E-state index < -0.39 is 0 Å². The summed E-state index contributed by atoms with van der Waals surface area (Å²) >= 11 is 5.71. The van der Waals surface area contributed by atoms with Gasteiger partial charge in [-0.3, -0.25) is 4.90 Å². The summed E-state index contributed by atoms with van der Waals surface area (Å²) in [5, 5.41) is 4.51. The fourth-order valence-electron chi connectivity index (χ4n) is 5.12. The highest BCUT2D eigenvalue weighted by Crippen LogP contribution is 2.52. The van der Waals surface area contributed by atoms with Crippen molar-refractivity contribution in [2.75, 3.05) is 45.9 Å². The molecule has 1 aliphatic carbocycles. The van der Waals surface area contributed by atoms with Gasteiger partial charge < -0.3 is 15.0 Å². The van der Waals surface area contributed by atoms with Crippen molar-refractivity contribution < 1.29 is 4.74 Å². The quantitative estimate of drug-likeness (QED) is 0.627. The molecular formula is C18H33N3OS. The van der Waals surface area contributed by atoms with E-state index in [1.54, 1.807) is 0 Å². The monoisotopic (exact) mass is 339 g/mol. The molecule has 2 aliphatic heterocycles. The number of likely N-dealkylation sites (tertiary alicyclic amines) is 1. The van der Waals surface area contributed by atoms with Gasteiger partial charge >= 0.3 is 0 Å². The normalized spacial score (nSPS) is 33.7. The summed E-state index contributed by atoms with van der Waals surface area (Å²) in [6.07, 6.45) is 5.07. The molecule has 4 nitrogen and oxygen atoms in total. The van der Waals surface area contributed by atoms with Crippen molar-refractivity contribution >= 4 is 17.3 Å². The SMILES string of the molecule is CC1(C)C[C@H]2C[C@](C)(CN2C(=S)NCCCN2CCOCC2)C1. The minimum atomic E-state index is 0.450. The van der Waals surface area contributed by atoms with E-state index in [2.05, 4.69) is 35.9 Å². The van der Waals surface area contributed by atoms with Crippen molar-refractivity contribution in [2.24, 2.45) is 10.8 Å². The van der Waals surface area contributed by atoms with Crippen LogP contribution in [-0.4, -0.2) is 66.9 Å². The van der Waals surface area contributed by atoms with Crippen LogP contribution < -0.4 is 5.32 Å². The Labute approximate surface area is 146 Å². The van der Waals surface area contributed by atoms with E-state index in [9.17, 15) is 0 Å². The van der Waals surface area contributed by atoms with E-state index in [0.29, 0.717) is 16.9 Å². The molecule has 0 unspecified atom stereocenters. The highest BCUT2D eigenvalue weighted by atomic mass is 32.1. The summed E-state index contributed by atoms with van der Waals surface area (Å²) in [6, 6.07) is 0.642. The van der Waals surface area contributed by atoms with Gasteiger partial charge in [-0.25, -0.2) is 0 Å². The minimum absolute atomic E-state index is 0.450. The minimum Gasteiger partial charge on any atom is -0.379 e. The molecular weight excluding hydrogens is 306 g/mol. The van der Waals surface area contributed by atoms with Gasteiger partial charge in [0, 0.05) is 32.2 Å². The van der Waals surface area contributed by atoms with E-state index in [1.807, 2.05) is 0 Å². The van der Waals surface area contributed by atoms with Gasteiger partial charge in [-0.1, -0.05) is 20.8 Å². The second-order valence-corrected chi connectivity index (χ2v) is 9.27. The number of rotatable bonds is 4. The van der Waals surface area contributed by atoms with Crippen molar-refractivity contribution in [1.29, 1.82) is 0 Å². The lowest BCUT2D eigenvalue weighted by atomic mass is 9.65. The van der Waals surface area contributed by atoms with Gasteiger partial charge in [0.05, 0.1) is 13.2 Å². The molecule has 5 heteroatoms. The predicted octanol–water partition coefficient (Wildman–Crippen LogP) is 2.48. The van der Waals surface area contributed by atoms with Gasteiger partial charge in [-0.15, -0.1) is 0 Å². The van der Waals surface area contributed by atoms with Crippen LogP contribution >= 0.6 is 12.2 Å². The standard InChI is InChI=1S/C18H33N3OS/c1-17(2)11-15-12-18(3,13-17)14-21(15)16(23)19-5-4-6-20-7-9-22-10-8-20/h15H,4-14H2,1-3H3,(H,19,23)/t15-,18-/m0/s1. The summed E-state index contributed by atoms with van der Waals surface area (Å²) in [4.78, 5) is 4.97. The summed E-state index contributed by atoms with van der Waals surface area (Å²) < 4.78 is 5.39. The van der Waals surface area contributed by atoms with Crippen LogP contribution in [0.15, 0.2) is 0 Å². The first-order chi connectivity index (χ1) is 10.9. The molecule has 2 saturated heterocycles. The van der Waals surface area contributed by atoms with Crippen LogP contribution in [0.5, 0.6) is 0 Å². The highest BCUT2D eigenvalue weighted by molar-refractivity contribution is 7.80. The average molecular weight is 340 g/mol. The summed E-state index contributed by atoms with van der Waals surface area (Å²) in [5.74, 6) is 0. The Balaban J connectivity index is 1.42. The van der Waals surface area contributed by atoms with E-state index in [4.69, 9.17) is 17.0 Å². The number of ether oxygens (including phenoxy) is 1. The van der Waals surface area contributed by atoms with Crippen LogP contribution in [0, 0.1) is 10.8 Å². The largest absolute Gasteiger partial charge is 0.379 e. The molecule has 132 valence electrons. The Morgan fingerprint density at radius 2 is 1.96 bits per heavy atom. The van der Waals surface area contributed by atoms with Crippen LogP contribution in [0.25, 0.3) is 0 Å². The zero-order chi connectivity index (χ0) is 16.5. The smallest absolute Gasteiger partial charge is 0.169 e. The van der Waals surface area contributed by atoms with Gasteiger partial charge in [0.2, 0.25) is 0 Å². The van der Waals surface area contributed by atoms with Crippen molar-refractivity contribution in [1.82, 2.24) is 15.1 Å². The number of fused-ring (bicyclic) bond motifs is 2. The maximum Gasteiger partial charge on any atom is 0.169 e. The predicted molar refractivity (Wildman–Crippen MR) is 98.7 cm³/mol. The van der Waals surface area contributed by atoms with Crippen LogP contribution in [0.1, 0.15) is 46.5 Å². The Kier molecular flexibility index (Phi) is 5.19. The van der Waals surface area contributed by atoms with Gasteiger partial charge in [0.1, 0.15) is 0 Å². The molecule has 3 fully saturated rings. The molecule has 0 spiro atoms. The fraction of sp³-hybridized carbons (Fsp3) is 0.944. The lowest BCUT2D eigenvalue weighted by molar-refractivity contribution is 0.0375. The molecule has 1 N–H and O–H groups in total. The Morgan fingerprint density at radius 1 is 1.22 bits per heavy atom. The molecule has 3 rings (SSSR count). The number of thiocarbonyl (C=S) groups is 1. The topological polar surface area (TPSA) is 27.7 Å². The van der Waals surface area contributed by atoms with Crippen molar-refractivity contribution in [3.05, 3.63) is 0 Å². The second kappa shape index (κ2) is 6.85. The highest BCUT2D eigenvalue weighted by Gasteiger charge is 2.50. The maximum absolute atomic E-state index is 5.71. The zero-order valence-corrected chi connectivity index (χ0v) is 15.9. The van der Waals surface area contributed by atoms with E-state index in [-0.39, 0.29) is 0 Å². The molecule has 23 heavy (non-hydrogen) atoms. The van der Waals surface area contributed by atoms with E-state index in [1.165, 1.54) is 19.3 Å². The third-order valence-corrected chi connectivity index (χ3v) is 6.09. The first-order valence-corrected chi connectivity index (χ1v) is 9.62. The first-order valence-electron chi connectivity index (χ1n) is 9.22. The molecule has 0 aromatic heterocycles. The van der Waals surface area contributed by atoms with Gasteiger partial charge in [0.15, 0.2) is 5.11 Å². The number of nitrogens with one attached hydrogen (secondary N) is 1. The van der Waals surface area contributed by atoms with Gasteiger partial charge in [-0.05, 0) is 55.3 Å². The number of hydrogen-bond donors (Lipinski definition) is 1. The maximum atomic E-state index is 5.71. The number of hydrogen-bond acceptors (Lipinski definition) is 3. The third-order valence-electron chi connectivity index (χ3n) is 5.71. The lowest BCUT2D eigenvalue weighted by Gasteiger charge is -2.39. The van der Waals surface area contributed by atoms with Crippen molar-refractivity contribution in [3.63, 3.8) is 0 Å². The lowest BCUT2D eigenvalue weighted by Crippen LogP contribution is -2.44. The molecule has 0 amide bonds. The molecule has 0 radical (unpaired) electrons. The molecule has 3 aliphatic rings. The van der Waals surface area contributed by atoms with Crippen LogP contribution in [0.2, 0.25) is 0 Å². The summed E-state index contributed by atoms with van der Waals surface area (Å²) in [7, 11) is 0. The Morgan fingerprint density at radius 3 is 2.70 bits per heavy atom. The number of nitrogens with zero attached hydrogens (tertiary/aromatic N) is 2. The van der Waals surface area contributed by atoms with Crippen LogP contribution in [0.3, 0.4) is 0 Å². The molecule has 0 aromatic rings. The van der Waals surface area contributed by atoms with E-state index >= 15 is 0 Å². The number of morpholine rings is 1. The van der Waals surface area contributed by atoms with Crippen molar-refractivity contribution in [3.8, 4) is 0 Å². The Hall–Kier alpha value is -0.390. The molecule has 0 aromatic carbocycles. The fourth-order valence-corrected chi connectivity index (χ4v) is 5.44. The Bertz CT molecular complexity index is 436.